The van der Waals surface area contributed by atoms with Gasteiger partial charge in [-0.05, 0) is 42.7 Å². The van der Waals surface area contributed by atoms with Crippen LogP contribution in [-0.4, -0.2) is 11.5 Å². The maximum atomic E-state index is 12.9. The van der Waals surface area contributed by atoms with E-state index in [-0.39, 0.29) is 5.82 Å². The molecule has 0 saturated carbocycles. The molecule has 0 radical (unpaired) electrons. The molecule has 0 saturated heterocycles. The van der Waals surface area contributed by atoms with E-state index in [9.17, 15) is 4.39 Å². The second-order valence-electron chi connectivity index (χ2n) is 3.98. The predicted octanol–water partition coefficient (Wildman–Crippen LogP) is 3.18. The van der Waals surface area contributed by atoms with E-state index in [1.165, 1.54) is 6.07 Å². The maximum Gasteiger partial charge on any atom is 0.128 e. The molecule has 88 valence electrons. The molecular formula is C14H15FN2. The number of aromatic nitrogens is 1. The Hall–Kier alpha value is -1.90. The zero-order valence-electron chi connectivity index (χ0n) is 9.78. The van der Waals surface area contributed by atoms with Crippen LogP contribution in [-0.2, 0) is 6.42 Å². The first-order valence-corrected chi connectivity index (χ1v) is 5.65. The van der Waals surface area contributed by atoms with Gasteiger partial charge in [0.1, 0.15) is 11.6 Å². The zero-order chi connectivity index (χ0) is 12.1. The van der Waals surface area contributed by atoms with Crippen molar-refractivity contribution in [2.45, 2.75) is 13.3 Å². The van der Waals surface area contributed by atoms with Crippen molar-refractivity contribution in [3.05, 3.63) is 59.5 Å². The number of aryl methyl sites for hydroxylation is 1. The monoisotopic (exact) mass is 230 g/mol. The average molecular weight is 230 g/mol. The number of nitrogens with zero attached hydrogens (tertiary/aromatic N) is 1. The first-order valence-electron chi connectivity index (χ1n) is 5.65. The molecule has 0 spiro atoms. The molecule has 0 atom stereocenters. The molecular weight excluding hydrogens is 215 g/mol. The van der Waals surface area contributed by atoms with E-state index >= 15 is 0 Å². The second-order valence-corrected chi connectivity index (χ2v) is 3.98. The minimum atomic E-state index is -0.184. The van der Waals surface area contributed by atoms with Crippen LogP contribution < -0.4 is 5.32 Å². The highest BCUT2D eigenvalue weighted by Gasteiger charge is 1.98. The number of pyridine rings is 1. The lowest BCUT2D eigenvalue weighted by Gasteiger charge is -2.07. The molecule has 0 aliphatic rings. The van der Waals surface area contributed by atoms with Gasteiger partial charge in [0.2, 0.25) is 0 Å². The van der Waals surface area contributed by atoms with Gasteiger partial charge in [-0.25, -0.2) is 9.37 Å². The number of hydrogen-bond acceptors (Lipinski definition) is 2. The molecule has 2 aromatic rings. The zero-order valence-corrected chi connectivity index (χ0v) is 9.78. The average Bonchev–Trinajstić information content (AvgIpc) is 2.32. The van der Waals surface area contributed by atoms with Gasteiger partial charge in [-0.15, -0.1) is 0 Å². The quantitative estimate of drug-likeness (QED) is 0.872. The van der Waals surface area contributed by atoms with Crippen LogP contribution in [0.2, 0.25) is 0 Å². The number of halogens is 1. The van der Waals surface area contributed by atoms with Crippen molar-refractivity contribution in [3.63, 3.8) is 0 Å². The molecule has 0 amide bonds. The minimum absolute atomic E-state index is 0.184. The third-order valence-corrected chi connectivity index (χ3v) is 2.60. The van der Waals surface area contributed by atoms with E-state index in [0.717, 1.165) is 29.9 Å². The van der Waals surface area contributed by atoms with Crippen molar-refractivity contribution in [2.75, 3.05) is 11.9 Å². The van der Waals surface area contributed by atoms with Gasteiger partial charge in [0.05, 0.1) is 0 Å². The number of nitrogens with one attached hydrogen (secondary N) is 1. The second kappa shape index (κ2) is 5.43. The third-order valence-electron chi connectivity index (χ3n) is 2.60. The lowest BCUT2D eigenvalue weighted by molar-refractivity contribution is 0.625. The molecule has 0 unspecified atom stereocenters. The number of anilines is 1. The Morgan fingerprint density at radius 3 is 2.88 bits per heavy atom. The summed E-state index contributed by atoms with van der Waals surface area (Å²) >= 11 is 0. The molecule has 3 heteroatoms. The van der Waals surface area contributed by atoms with Gasteiger partial charge in [-0.1, -0.05) is 18.2 Å². The van der Waals surface area contributed by atoms with Crippen molar-refractivity contribution in [2.24, 2.45) is 0 Å². The molecule has 2 rings (SSSR count). The summed E-state index contributed by atoms with van der Waals surface area (Å²) in [5.41, 5.74) is 2.11. The van der Waals surface area contributed by atoms with Crippen LogP contribution in [0.4, 0.5) is 10.2 Å². The number of hydrogen-bond donors (Lipinski definition) is 1. The van der Waals surface area contributed by atoms with E-state index < -0.39 is 0 Å². The molecule has 0 aliphatic heterocycles. The van der Waals surface area contributed by atoms with Gasteiger partial charge in [0.25, 0.3) is 0 Å². The van der Waals surface area contributed by atoms with E-state index in [0.29, 0.717) is 0 Å². The summed E-state index contributed by atoms with van der Waals surface area (Å²) in [6.45, 7) is 2.76. The van der Waals surface area contributed by atoms with Gasteiger partial charge in [0, 0.05) is 12.7 Å². The van der Waals surface area contributed by atoms with Crippen molar-refractivity contribution in [1.29, 1.82) is 0 Å². The Morgan fingerprint density at radius 1 is 1.24 bits per heavy atom. The van der Waals surface area contributed by atoms with Gasteiger partial charge in [0.15, 0.2) is 0 Å². The molecule has 1 N–H and O–H groups in total. The molecule has 0 aliphatic carbocycles. The van der Waals surface area contributed by atoms with E-state index in [2.05, 4.69) is 10.3 Å². The van der Waals surface area contributed by atoms with Crippen LogP contribution >= 0.6 is 0 Å². The molecule has 1 heterocycles. The highest BCUT2D eigenvalue weighted by atomic mass is 19.1. The lowest BCUT2D eigenvalue weighted by Crippen LogP contribution is -2.07. The van der Waals surface area contributed by atoms with E-state index in [1.807, 2.05) is 25.1 Å². The van der Waals surface area contributed by atoms with Crippen molar-refractivity contribution >= 4 is 5.82 Å². The number of rotatable bonds is 4. The summed E-state index contributed by atoms with van der Waals surface area (Å²) < 4.78 is 12.9. The number of benzene rings is 1. The van der Waals surface area contributed by atoms with Crippen LogP contribution in [0.5, 0.6) is 0 Å². The maximum absolute atomic E-state index is 12.9. The van der Waals surface area contributed by atoms with Gasteiger partial charge < -0.3 is 5.32 Å². The van der Waals surface area contributed by atoms with E-state index in [1.54, 1.807) is 18.3 Å². The van der Waals surface area contributed by atoms with Crippen LogP contribution in [0.15, 0.2) is 42.6 Å². The highest BCUT2D eigenvalue weighted by Crippen LogP contribution is 2.10. The normalized spacial score (nSPS) is 10.2. The summed E-state index contributed by atoms with van der Waals surface area (Å²) in [5, 5.41) is 3.25. The molecule has 0 fully saturated rings. The molecule has 1 aromatic heterocycles. The smallest absolute Gasteiger partial charge is 0.128 e. The Bertz CT molecular complexity index is 497. The summed E-state index contributed by atoms with van der Waals surface area (Å²) in [6, 6.07) is 10.6. The van der Waals surface area contributed by atoms with Gasteiger partial charge in [-0.3, -0.25) is 0 Å². The largest absolute Gasteiger partial charge is 0.370 e. The predicted molar refractivity (Wildman–Crippen MR) is 67.6 cm³/mol. The van der Waals surface area contributed by atoms with Crippen LogP contribution in [0, 0.1) is 12.7 Å². The van der Waals surface area contributed by atoms with Crippen LogP contribution in [0.3, 0.4) is 0 Å². The summed E-state index contributed by atoms with van der Waals surface area (Å²) in [7, 11) is 0. The van der Waals surface area contributed by atoms with E-state index in [4.69, 9.17) is 0 Å². The standard InChI is InChI=1S/C14H15FN2/c1-11-4-3-8-16-14(11)17-9-7-12-5-2-6-13(15)10-12/h2-6,8,10H,7,9H2,1H3,(H,16,17). The Balaban J connectivity index is 1.90. The Kier molecular flexibility index (Phi) is 3.70. The fourth-order valence-electron chi connectivity index (χ4n) is 1.69. The third kappa shape index (κ3) is 3.28. The first kappa shape index (κ1) is 11.6. The fraction of sp³-hybridized carbons (Fsp3) is 0.214. The lowest BCUT2D eigenvalue weighted by atomic mass is 10.1. The highest BCUT2D eigenvalue weighted by molar-refractivity contribution is 5.42. The fourth-order valence-corrected chi connectivity index (χ4v) is 1.69. The molecule has 2 nitrogen and oxygen atoms in total. The summed E-state index contributed by atoms with van der Waals surface area (Å²) in [6.07, 6.45) is 2.55. The van der Waals surface area contributed by atoms with Crippen LogP contribution in [0.25, 0.3) is 0 Å². The van der Waals surface area contributed by atoms with Crippen molar-refractivity contribution in [3.8, 4) is 0 Å². The summed E-state index contributed by atoms with van der Waals surface area (Å²) in [5.74, 6) is 0.709. The SMILES string of the molecule is Cc1cccnc1NCCc1cccc(F)c1. The summed E-state index contributed by atoms with van der Waals surface area (Å²) in [4.78, 5) is 4.24. The Morgan fingerprint density at radius 2 is 2.12 bits per heavy atom. The molecule has 0 bridgehead atoms. The van der Waals surface area contributed by atoms with Crippen LogP contribution in [0.1, 0.15) is 11.1 Å². The minimum Gasteiger partial charge on any atom is -0.370 e. The molecule has 1 aromatic carbocycles. The van der Waals surface area contributed by atoms with Crippen molar-refractivity contribution < 1.29 is 4.39 Å². The van der Waals surface area contributed by atoms with Crippen molar-refractivity contribution in [1.82, 2.24) is 4.98 Å². The topological polar surface area (TPSA) is 24.9 Å². The molecule has 17 heavy (non-hydrogen) atoms. The Labute approximate surface area is 101 Å². The first-order chi connectivity index (χ1) is 8.25. The van der Waals surface area contributed by atoms with Gasteiger partial charge in [-0.2, -0.15) is 0 Å². The van der Waals surface area contributed by atoms with Gasteiger partial charge >= 0.3 is 0 Å².